The quantitative estimate of drug-likeness (QED) is 0.616. The molecule has 0 saturated heterocycles. The molecule has 0 bridgehead atoms. The van der Waals surface area contributed by atoms with Gasteiger partial charge in [-0.25, -0.2) is 9.18 Å². The molecule has 0 atom stereocenters. The van der Waals surface area contributed by atoms with Gasteiger partial charge >= 0.3 is 5.97 Å². The van der Waals surface area contributed by atoms with Crippen LogP contribution in [-0.2, 0) is 16.0 Å². The van der Waals surface area contributed by atoms with Crippen molar-refractivity contribution in [1.82, 2.24) is 5.32 Å². The van der Waals surface area contributed by atoms with Crippen LogP contribution in [0.2, 0.25) is 5.02 Å². The Balaban J connectivity index is 1.68. The summed E-state index contributed by atoms with van der Waals surface area (Å²) in [6.45, 7) is 0.0838. The average Bonchev–Trinajstić information content (AvgIpc) is 2.57. The van der Waals surface area contributed by atoms with Gasteiger partial charge in [-0.15, -0.1) is 0 Å². The summed E-state index contributed by atoms with van der Waals surface area (Å²) in [4.78, 5) is 23.4. The molecule has 126 valence electrons. The monoisotopic (exact) mass is 349 g/mol. The number of carbonyl (C=O) groups is 2. The van der Waals surface area contributed by atoms with E-state index < -0.39 is 24.3 Å². The van der Waals surface area contributed by atoms with Crippen molar-refractivity contribution in [3.8, 4) is 0 Å². The fourth-order valence-corrected chi connectivity index (χ4v) is 2.32. The van der Waals surface area contributed by atoms with Crippen molar-refractivity contribution >= 4 is 23.5 Å². The molecule has 1 amide bonds. The predicted molar refractivity (Wildman–Crippen MR) is 89.5 cm³/mol. The zero-order chi connectivity index (χ0) is 17.4. The van der Waals surface area contributed by atoms with E-state index in [2.05, 4.69) is 5.32 Å². The molecular formula is C18H17ClFNO3. The van der Waals surface area contributed by atoms with Gasteiger partial charge in [0, 0.05) is 6.54 Å². The molecule has 0 aromatic heterocycles. The minimum absolute atomic E-state index is 0.0231. The summed E-state index contributed by atoms with van der Waals surface area (Å²) in [5.41, 5.74) is 1.22. The van der Waals surface area contributed by atoms with Crippen LogP contribution in [0.3, 0.4) is 0 Å². The smallest absolute Gasteiger partial charge is 0.340 e. The summed E-state index contributed by atoms with van der Waals surface area (Å²) in [5, 5.41) is 2.62. The molecule has 0 fully saturated rings. The van der Waals surface area contributed by atoms with Crippen molar-refractivity contribution < 1.29 is 18.7 Å². The van der Waals surface area contributed by atoms with E-state index in [0.29, 0.717) is 6.54 Å². The SMILES string of the molecule is O=C(COC(=O)c1ccc(F)cc1Cl)NCCCc1ccccc1. The fraction of sp³-hybridized carbons (Fsp3) is 0.222. The molecule has 0 saturated carbocycles. The number of halogens is 2. The molecule has 0 aliphatic carbocycles. The Labute approximate surface area is 144 Å². The minimum Gasteiger partial charge on any atom is -0.452 e. The normalized spacial score (nSPS) is 10.2. The molecule has 6 heteroatoms. The standard InChI is InChI=1S/C18H17ClFNO3/c19-16-11-14(20)8-9-15(16)18(23)24-12-17(22)21-10-4-7-13-5-2-1-3-6-13/h1-3,5-6,8-9,11H,4,7,10,12H2,(H,21,22). The highest BCUT2D eigenvalue weighted by atomic mass is 35.5. The lowest BCUT2D eigenvalue weighted by Crippen LogP contribution is -2.29. The number of amides is 1. The first-order valence-electron chi connectivity index (χ1n) is 7.49. The molecule has 24 heavy (non-hydrogen) atoms. The average molecular weight is 350 g/mol. The minimum atomic E-state index is -0.764. The second kappa shape index (κ2) is 9.03. The number of hydrogen-bond donors (Lipinski definition) is 1. The Bertz CT molecular complexity index is 707. The zero-order valence-electron chi connectivity index (χ0n) is 12.9. The molecule has 0 spiro atoms. The second-order valence-corrected chi connectivity index (χ2v) is 5.55. The molecule has 0 aliphatic rings. The Hall–Kier alpha value is -2.40. The van der Waals surface area contributed by atoms with E-state index in [1.165, 1.54) is 11.6 Å². The van der Waals surface area contributed by atoms with Crippen LogP contribution in [0.15, 0.2) is 48.5 Å². The van der Waals surface area contributed by atoms with E-state index in [4.69, 9.17) is 16.3 Å². The van der Waals surface area contributed by atoms with Gasteiger partial charge in [0.05, 0.1) is 10.6 Å². The third-order valence-corrected chi connectivity index (χ3v) is 3.61. The van der Waals surface area contributed by atoms with E-state index in [0.717, 1.165) is 25.0 Å². The highest BCUT2D eigenvalue weighted by molar-refractivity contribution is 6.33. The van der Waals surface area contributed by atoms with E-state index in [-0.39, 0.29) is 10.6 Å². The van der Waals surface area contributed by atoms with Crippen molar-refractivity contribution in [1.29, 1.82) is 0 Å². The summed E-state index contributed by atoms with van der Waals surface area (Å²) < 4.78 is 17.8. The Morgan fingerprint density at radius 2 is 1.88 bits per heavy atom. The first-order chi connectivity index (χ1) is 11.6. The number of hydrogen-bond acceptors (Lipinski definition) is 3. The third-order valence-electron chi connectivity index (χ3n) is 3.29. The molecule has 0 aliphatic heterocycles. The van der Waals surface area contributed by atoms with Crippen LogP contribution in [0.5, 0.6) is 0 Å². The maximum absolute atomic E-state index is 12.9. The van der Waals surface area contributed by atoms with E-state index in [1.54, 1.807) is 0 Å². The van der Waals surface area contributed by atoms with E-state index in [9.17, 15) is 14.0 Å². The number of carbonyl (C=O) groups excluding carboxylic acids is 2. The van der Waals surface area contributed by atoms with Gasteiger partial charge in [0.25, 0.3) is 5.91 Å². The van der Waals surface area contributed by atoms with Crippen molar-refractivity contribution in [2.75, 3.05) is 13.2 Å². The number of nitrogens with one attached hydrogen (secondary N) is 1. The van der Waals surface area contributed by atoms with Crippen molar-refractivity contribution in [3.63, 3.8) is 0 Å². The molecule has 1 N–H and O–H groups in total. The van der Waals surface area contributed by atoms with E-state index >= 15 is 0 Å². The van der Waals surface area contributed by atoms with Crippen LogP contribution in [0.4, 0.5) is 4.39 Å². The van der Waals surface area contributed by atoms with Crippen LogP contribution >= 0.6 is 11.6 Å². The number of benzene rings is 2. The largest absolute Gasteiger partial charge is 0.452 e. The molecule has 0 radical (unpaired) electrons. The van der Waals surface area contributed by atoms with Gasteiger partial charge in [-0.3, -0.25) is 4.79 Å². The first kappa shape index (κ1) is 17.9. The third kappa shape index (κ3) is 5.66. The van der Waals surface area contributed by atoms with Gasteiger partial charge in [-0.2, -0.15) is 0 Å². The number of aryl methyl sites for hydroxylation is 1. The summed E-state index contributed by atoms with van der Waals surface area (Å²) in [5.74, 6) is -1.71. The van der Waals surface area contributed by atoms with Gasteiger partial charge in [0.1, 0.15) is 5.82 Å². The number of rotatable bonds is 7. The van der Waals surface area contributed by atoms with Crippen LogP contribution < -0.4 is 5.32 Å². The summed E-state index contributed by atoms with van der Waals surface area (Å²) in [6.07, 6.45) is 1.64. The molecule has 0 unspecified atom stereocenters. The zero-order valence-corrected chi connectivity index (χ0v) is 13.7. The van der Waals surface area contributed by atoms with Gasteiger partial charge in [-0.1, -0.05) is 41.9 Å². The molecule has 2 aromatic carbocycles. The molecule has 0 heterocycles. The Morgan fingerprint density at radius 1 is 1.12 bits per heavy atom. The molecule has 2 aromatic rings. The van der Waals surface area contributed by atoms with Gasteiger partial charge in [0.15, 0.2) is 6.61 Å². The lowest BCUT2D eigenvalue weighted by atomic mass is 10.1. The first-order valence-corrected chi connectivity index (χ1v) is 7.87. The molecule has 4 nitrogen and oxygen atoms in total. The summed E-state index contributed by atoms with van der Waals surface area (Å²) in [7, 11) is 0. The highest BCUT2D eigenvalue weighted by Crippen LogP contribution is 2.18. The highest BCUT2D eigenvalue weighted by Gasteiger charge is 2.14. The van der Waals surface area contributed by atoms with Crippen LogP contribution in [0.1, 0.15) is 22.3 Å². The van der Waals surface area contributed by atoms with Crippen molar-refractivity contribution in [3.05, 3.63) is 70.5 Å². The fourth-order valence-electron chi connectivity index (χ4n) is 2.08. The van der Waals surface area contributed by atoms with Crippen molar-refractivity contribution in [2.24, 2.45) is 0 Å². The van der Waals surface area contributed by atoms with E-state index in [1.807, 2.05) is 30.3 Å². The maximum Gasteiger partial charge on any atom is 0.340 e. The Kier molecular flexibility index (Phi) is 6.75. The number of ether oxygens (including phenoxy) is 1. The topological polar surface area (TPSA) is 55.4 Å². The van der Waals surface area contributed by atoms with Crippen LogP contribution in [0, 0.1) is 5.82 Å². The molecule has 2 rings (SSSR count). The van der Waals surface area contributed by atoms with Gasteiger partial charge in [0.2, 0.25) is 0 Å². The maximum atomic E-state index is 12.9. The summed E-state index contributed by atoms with van der Waals surface area (Å²) >= 11 is 5.76. The lowest BCUT2D eigenvalue weighted by molar-refractivity contribution is -0.124. The van der Waals surface area contributed by atoms with Gasteiger partial charge in [-0.05, 0) is 36.6 Å². The van der Waals surface area contributed by atoms with Crippen LogP contribution in [-0.4, -0.2) is 25.0 Å². The van der Waals surface area contributed by atoms with Gasteiger partial charge < -0.3 is 10.1 Å². The lowest BCUT2D eigenvalue weighted by Gasteiger charge is -2.07. The Morgan fingerprint density at radius 3 is 2.58 bits per heavy atom. The van der Waals surface area contributed by atoms with Crippen LogP contribution in [0.25, 0.3) is 0 Å². The summed E-state index contributed by atoms with van der Waals surface area (Å²) in [6, 6.07) is 13.3. The van der Waals surface area contributed by atoms with Crippen molar-refractivity contribution in [2.45, 2.75) is 12.8 Å². The predicted octanol–water partition coefficient (Wildman–Crippen LogP) is 3.38. The second-order valence-electron chi connectivity index (χ2n) is 5.14. The molecular weight excluding hydrogens is 333 g/mol. The number of esters is 1.